The van der Waals surface area contributed by atoms with Crippen LogP contribution in [0.3, 0.4) is 0 Å². The number of hydrogen-bond donors (Lipinski definition) is 2. The quantitative estimate of drug-likeness (QED) is 0.849. The fraction of sp³-hybridized carbons (Fsp3) is 0.500. The van der Waals surface area contributed by atoms with E-state index in [4.69, 9.17) is 0 Å². The Kier molecular flexibility index (Phi) is 3.87. The Morgan fingerprint density at radius 3 is 2.72 bits per heavy atom. The van der Waals surface area contributed by atoms with Crippen LogP contribution >= 0.6 is 0 Å². The maximum absolute atomic E-state index is 12.4. The number of carbonyl (C=O) groups is 1. The van der Waals surface area contributed by atoms with Gasteiger partial charge >= 0.3 is 0 Å². The van der Waals surface area contributed by atoms with Gasteiger partial charge in [0.25, 0.3) is 5.91 Å². The predicted octanol–water partition coefficient (Wildman–Crippen LogP) is 1.52. The van der Waals surface area contributed by atoms with Crippen molar-refractivity contribution in [3.05, 3.63) is 29.3 Å². The van der Waals surface area contributed by atoms with Crippen LogP contribution in [0, 0.1) is 6.92 Å². The number of aromatic hydroxyl groups is 1. The van der Waals surface area contributed by atoms with Crippen LogP contribution in [-0.2, 0) is 0 Å². The van der Waals surface area contributed by atoms with E-state index in [1.165, 1.54) is 0 Å². The molecule has 1 aromatic carbocycles. The summed E-state index contributed by atoms with van der Waals surface area (Å²) >= 11 is 0. The van der Waals surface area contributed by atoms with E-state index in [0.717, 1.165) is 31.6 Å². The number of amides is 1. The Balaban J connectivity index is 2.18. The lowest BCUT2D eigenvalue weighted by molar-refractivity contribution is 0.0615. The topological polar surface area (TPSA) is 52.6 Å². The molecule has 0 aliphatic carbocycles. The minimum atomic E-state index is 0.0126. The molecule has 1 fully saturated rings. The second-order valence-electron chi connectivity index (χ2n) is 4.81. The zero-order valence-corrected chi connectivity index (χ0v) is 10.9. The summed E-state index contributed by atoms with van der Waals surface area (Å²) in [5.74, 6) is 0.197. The second kappa shape index (κ2) is 5.40. The maximum Gasteiger partial charge on any atom is 0.254 e. The molecule has 98 valence electrons. The average Bonchev–Trinajstić information content (AvgIpc) is 2.29. The van der Waals surface area contributed by atoms with Gasteiger partial charge in [0.2, 0.25) is 0 Å². The highest BCUT2D eigenvalue weighted by molar-refractivity contribution is 5.95. The molecule has 0 radical (unpaired) electrons. The number of carbonyl (C=O) groups excluding carboxylic acids is 1. The van der Waals surface area contributed by atoms with E-state index < -0.39 is 0 Å². The van der Waals surface area contributed by atoms with Crippen molar-refractivity contribution >= 4 is 5.91 Å². The summed E-state index contributed by atoms with van der Waals surface area (Å²) in [7, 11) is 0. The van der Waals surface area contributed by atoms with Gasteiger partial charge in [-0.05, 0) is 31.0 Å². The largest absolute Gasteiger partial charge is 0.508 e. The lowest BCUT2D eigenvalue weighted by Gasteiger charge is -2.38. The van der Waals surface area contributed by atoms with Crippen LogP contribution in [0.15, 0.2) is 18.2 Å². The third kappa shape index (κ3) is 2.48. The molecule has 0 atom stereocenters. The lowest BCUT2D eigenvalue weighted by atomic mass is 10.1. The number of benzene rings is 1. The molecule has 0 aromatic heterocycles. The molecule has 0 bridgehead atoms. The molecule has 1 aromatic rings. The normalized spacial score (nSPS) is 15.2. The Bertz CT molecular complexity index is 441. The summed E-state index contributed by atoms with van der Waals surface area (Å²) in [5.41, 5.74) is 1.36. The monoisotopic (exact) mass is 248 g/mol. The van der Waals surface area contributed by atoms with Gasteiger partial charge in [0.05, 0.1) is 6.04 Å². The molecular formula is C14H20N2O2. The number of phenols is 1. The first-order chi connectivity index (χ1) is 8.63. The van der Waals surface area contributed by atoms with E-state index in [0.29, 0.717) is 11.6 Å². The zero-order valence-electron chi connectivity index (χ0n) is 10.9. The highest BCUT2D eigenvalue weighted by atomic mass is 16.3. The first kappa shape index (κ1) is 12.9. The molecule has 2 N–H and O–H groups in total. The fourth-order valence-electron chi connectivity index (χ4n) is 2.09. The Morgan fingerprint density at radius 1 is 1.50 bits per heavy atom. The number of hydrogen-bond acceptors (Lipinski definition) is 3. The lowest BCUT2D eigenvalue weighted by Crippen LogP contribution is -2.59. The molecule has 2 rings (SSSR count). The Hall–Kier alpha value is -1.55. The van der Waals surface area contributed by atoms with Crippen LogP contribution in [0.2, 0.25) is 0 Å². The SMILES string of the molecule is CCCN(C(=O)c1ccc(C)c(O)c1)C1CNC1. The van der Waals surface area contributed by atoms with Crippen molar-refractivity contribution in [3.63, 3.8) is 0 Å². The molecule has 18 heavy (non-hydrogen) atoms. The van der Waals surface area contributed by atoms with Crippen molar-refractivity contribution in [3.8, 4) is 5.75 Å². The molecule has 4 heteroatoms. The summed E-state index contributed by atoms with van der Waals surface area (Å²) in [4.78, 5) is 14.3. The van der Waals surface area contributed by atoms with Crippen molar-refractivity contribution in [1.82, 2.24) is 10.2 Å². The molecule has 0 saturated carbocycles. The summed E-state index contributed by atoms with van der Waals surface area (Å²) < 4.78 is 0. The van der Waals surface area contributed by atoms with Crippen LogP contribution in [0.4, 0.5) is 0 Å². The molecule has 1 aliphatic rings. The highest BCUT2D eigenvalue weighted by Gasteiger charge is 2.28. The van der Waals surface area contributed by atoms with Crippen LogP contribution in [0.1, 0.15) is 29.3 Å². The molecule has 1 saturated heterocycles. The Morgan fingerprint density at radius 2 is 2.22 bits per heavy atom. The number of aryl methyl sites for hydroxylation is 1. The maximum atomic E-state index is 12.4. The van der Waals surface area contributed by atoms with Gasteiger partial charge in [-0.15, -0.1) is 0 Å². The fourth-order valence-corrected chi connectivity index (χ4v) is 2.09. The molecule has 4 nitrogen and oxygen atoms in total. The minimum Gasteiger partial charge on any atom is -0.508 e. The summed E-state index contributed by atoms with van der Waals surface area (Å²) in [6.45, 7) is 6.38. The van der Waals surface area contributed by atoms with Gasteiger partial charge in [-0.1, -0.05) is 13.0 Å². The number of nitrogens with one attached hydrogen (secondary N) is 1. The van der Waals surface area contributed by atoms with Crippen molar-refractivity contribution in [1.29, 1.82) is 0 Å². The average molecular weight is 248 g/mol. The van der Waals surface area contributed by atoms with Gasteiger partial charge in [-0.2, -0.15) is 0 Å². The van der Waals surface area contributed by atoms with Crippen molar-refractivity contribution in [2.24, 2.45) is 0 Å². The smallest absolute Gasteiger partial charge is 0.254 e. The van der Waals surface area contributed by atoms with Crippen LogP contribution in [0.25, 0.3) is 0 Å². The minimum absolute atomic E-state index is 0.0126. The molecule has 1 amide bonds. The zero-order chi connectivity index (χ0) is 13.1. The Labute approximate surface area is 108 Å². The standard InChI is InChI=1S/C14H20N2O2/c1-3-6-16(12-8-15-9-12)14(18)11-5-4-10(2)13(17)7-11/h4-5,7,12,15,17H,3,6,8-9H2,1-2H3. The summed E-state index contributed by atoms with van der Waals surface area (Å²) in [6, 6.07) is 5.42. The van der Waals surface area contributed by atoms with Gasteiger partial charge in [-0.25, -0.2) is 0 Å². The van der Waals surface area contributed by atoms with Crippen molar-refractivity contribution in [2.75, 3.05) is 19.6 Å². The van der Waals surface area contributed by atoms with Crippen LogP contribution in [0.5, 0.6) is 5.75 Å². The van der Waals surface area contributed by atoms with Crippen LogP contribution in [-0.4, -0.2) is 41.6 Å². The molecule has 1 heterocycles. The van der Waals surface area contributed by atoms with Gasteiger partial charge in [-0.3, -0.25) is 4.79 Å². The highest BCUT2D eigenvalue weighted by Crippen LogP contribution is 2.20. The third-order valence-electron chi connectivity index (χ3n) is 3.38. The van der Waals surface area contributed by atoms with Gasteiger partial charge in [0.15, 0.2) is 0 Å². The number of phenolic OH excluding ortho intramolecular Hbond substituents is 1. The van der Waals surface area contributed by atoms with E-state index in [-0.39, 0.29) is 11.7 Å². The first-order valence-corrected chi connectivity index (χ1v) is 6.44. The van der Waals surface area contributed by atoms with E-state index in [1.54, 1.807) is 18.2 Å². The van der Waals surface area contributed by atoms with E-state index >= 15 is 0 Å². The van der Waals surface area contributed by atoms with E-state index in [2.05, 4.69) is 12.2 Å². The number of nitrogens with zero attached hydrogens (tertiary/aromatic N) is 1. The van der Waals surface area contributed by atoms with Gasteiger partial charge < -0.3 is 15.3 Å². The van der Waals surface area contributed by atoms with Gasteiger partial charge in [0.1, 0.15) is 5.75 Å². The second-order valence-corrected chi connectivity index (χ2v) is 4.81. The molecular weight excluding hydrogens is 228 g/mol. The van der Waals surface area contributed by atoms with Crippen LogP contribution < -0.4 is 5.32 Å². The molecule has 1 aliphatic heterocycles. The summed E-state index contributed by atoms with van der Waals surface area (Å²) in [5, 5.41) is 12.9. The van der Waals surface area contributed by atoms with E-state index in [1.807, 2.05) is 11.8 Å². The third-order valence-corrected chi connectivity index (χ3v) is 3.38. The summed E-state index contributed by atoms with van der Waals surface area (Å²) in [6.07, 6.45) is 0.945. The van der Waals surface area contributed by atoms with Gasteiger partial charge in [0, 0.05) is 25.2 Å². The predicted molar refractivity (Wildman–Crippen MR) is 70.8 cm³/mol. The van der Waals surface area contributed by atoms with Crippen molar-refractivity contribution in [2.45, 2.75) is 26.3 Å². The van der Waals surface area contributed by atoms with Crippen molar-refractivity contribution < 1.29 is 9.90 Å². The number of rotatable bonds is 4. The van der Waals surface area contributed by atoms with E-state index in [9.17, 15) is 9.90 Å². The molecule has 0 unspecified atom stereocenters. The first-order valence-electron chi connectivity index (χ1n) is 6.44. The molecule has 0 spiro atoms.